The molecule has 0 unspecified atom stereocenters. The quantitative estimate of drug-likeness (QED) is 0.477. The van der Waals surface area contributed by atoms with Crippen molar-refractivity contribution in [1.82, 2.24) is 4.90 Å². The van der Waals surface area contributed by atoms with Gasteiger partial charge < -0.3 is 9.64 Å². The first-order valence-electron chi connectivity index (χ1n) is 12.2. The van der Waals surface area contributed by atoms with Crippen LogP contribution in [0.2, 0.25) is 0 Å². The van der Waals surface area contributed by atoms with Gasteiger partial charge >= 0.3 is 0 Å². The maximum Gasteiger partial charge on any atom is 0.162 e. The number of hydrogen-bond acceptors (Lipinski definition) is 4. The lowest BCUT2D eigenvalue weighted by molar-refractivity contribution is -0.119. The Labute approximate surface area is 198 Å². The highest BCUT2D eigenvalue weighted by atomic mass is 16.5. The van der Waals surface area contributed by atoms with E-state index in [2.05, 4.69) is 46.1 Å². The zero-order chi connectivity index (χ0) is 24.0. The highest BCUT2D eigenvalue weighted by Gasteiger charge is 2.48. The highest BCUT2D eigenvalue weighted by Crippen LogP contribution is 2.54. The maximum atomic E-state index is 13.6. The number of ketones is 2. The molecule has 1 aromatic rings. The molecule has 33 heavy (non-hydrogen) atoms. The first-order valence-corrected chi connectivity index (χ1v) is 12.2. The molecule has 4 nitrogen and oxygen atoms in total. The minimum Gasteiger partial charge on any atom is -0.490 e. The van der Waals surface area contributed by atoms with Crippen molar-refractivity contribution in [3.05, 3.63) is 65.0 Å². The molecule has 0 spiro atoms. The van der Waals surface area contributed by atoms with Crippen molar-refractivity contribution in [2.45, 2.75) is 72.6 Å². The van der Waals surface area contributed by atoms with Crippen molar-refractivity contribution >= 4 is 11.6 Å². The molecule has 0 radical (unpaired) electrons. The normalized spacial score (nSPS) is 22.3. The summed E-state index contributed by atoms with van der Waals surface area (Å²) in [6.07, 6.45) is 5.44. The van der Waals surface area contributed by atoms with Crippen molar-refractivity contribution < 1.29 is 14.3 Å². The van der Waals surface area contributed by atoms with Gasteiger partial charge in [0.2, 0.25) is 0 Å². The molecule has 0 fully saturated rings. The molecule has 4 rings (SSSR count). The van der Waals surface area contributed by atoms with E-state index < -0.39 is 0 Å². The van der Waals surface area contributed by atoms with Crippen LogP contribution < -0.4 is 4.74 Å². The van der Waals surface area contributed by atoms with E-state index in [0.717, 1.165) is 59.7 Å². The van der Waals surface area contributed by atoms with Crippen LogP contribution in [0, 0.1) is 10.8 Å². The summed E-state index contributed by atoms with van der Waals surface area (Å²) in [5, 5.41) is 0. The molecule has 0 N–H and O–H groups in total. The van der Waals surface area contributed by atoms with Crippen molar-refractivity contribution in [3.8, 4) is 5.75 Å². The number of allylic oxidation sites excluding steroid dienone is 4. The van der Waals surface area contributed by atoms with Gasteiger partial charge in [0.05, 0.1) is 0 Å². The number of Topliss-reactive ketones (excluding diaryl/α,β-unsaturated/α-hetero) is 2. The van der Waals surface area contributed by atoms with Gasteiger partial charge in [-0.05, 0) is 47.8 Å². The molecular formula is C29H37NO3. The number of rotatable bonds is 6. The van der Waals surface area contributed by atoms with Crippen LogP contribution in [0.4, 0.5) is 0 Å². The van der Waals surface area contributed by atoms with Crippen molar-refractivity contribution in [3.63, 3.8) is 0 Å². The molecule has 0 aromatic heterocycles. The van der Waals surface area contributed by atoms with Crippen molar-refractivity contribution in [1.29, 1.82) is 0 Å². The lowest BCUT2D eigenvalue weighted by atomic mass is 9.63. The molecule has 0 saturated heterocycles. The van der Waals surface area contributed by atoms with Crippen molar-refractivity contribution in [2.75, 3.05) is 13.2 Å². The zero-order valence-corrected chi connectivity index (χ0v) is 20.8. The van der Waals surface area contributed by atoms with Gasteiger partial charge in [0.15, 0.2) is 11.6 Å². The van der Waals surface area contributed by atoms with Crippen LogP contribution in [-0.2, 0) is 9.59 Å². The molecule has 176 valence electrons. The van der Waals surface area contributed by atoms with Crippen LogP contribution in [0.15, 0.2) is 59.5 Å². The Morgan fingerprint density at radius 2 is 1.45 bits per heavy atom. The second-order valence-corrected chi connectivity index (χ2v) is 11.4. The molecule has 3 aliphatic rings. The second-order valence-electron chi connectivity index (χ2n) is 11.4. The second kappa shape index (κ2) is 8.62. The zero-order valence-electron chi connectivity index (χ0n) is 20.8. The molecule has 1 aromatic carbocycles. The summed E-state index contributed by atoms with van der Waals surface area (Å²) in [4.78, 5) is 29.6. The van der Waals surface area contributed by atoms with Crippen LogP contribution in [0.3, 0.4) is 0 Å². The van der Waals surface area contributed by atoms with E-state index in [0.29, 0.717) is 19.4 Å². The summed E-state index contributed by atoms with van der Waals surface area (Å²) >= 11 is 0. The number of carbonyl (C=O) groups is 2. The molecule has 1 heterocycles. The van der Waals surface area contributed by atoms with Crippen molar-refractivity contribution in [2.24, 2.45) is 10.8 Å². The summed E-state index contributed by atoms with van der Waals surface area (Å²) in [5.74, 6) is 0.841. The minimum absolute atomic E-state index is 0.0822. The molecule has 0 bridgehead atoms. The third kappa shape index (κ3) is 4.45. The van der Waals surface area contributed by atoms with Gasteiger partial charge in [0, 0.05) is 47.8 Å². The van der Waals surface area contributed by atoms with Gasteiger partial charge in [-0.2, -0.15) is 0 Å². The van der Waals surface area contributed by atoms with E-state index in [1.807, 2.05) is 24.3 Å². The average Bonchev–Trinajstić information content (AvgIpc) is 2.72. The summed E-state index contributed by atoms with van der Waals surface area (Å²) in [7, 11) is 0. The first kappa shape index (κ1) is 23.5. The van der Waals surface area contributed by atoms with Crippen LogP contribution in [0.25, 0.3) is 0 Å². The first-order chi connectivity index (χ1) is 15.6. The van der Waals surface area contributed by atoms with Gasteiger partial charge in [-0.1, -0.05) is 59.4 Å². The topological polar surface area (TPSA) is 46.6 Å². The molecule has 1 aliphatic heterocycles. The molecule has 4 heteroatoms. The van der Waals surface area contributed by atoms with Gasteiger partial charge in [-0.3, -0.25) is 9.59 Å². The van der Waals surface area contributed by atoms with E-state index in [1.54, 1.807) is 6.08 Å². The maximum absolute atomic E-state index is 13.6. The van der Waals surface area contributed by atoms with Crippen LogP contribution in [0.1, 0.15) is 78.2 Å². The van der Waals surface area contributed by atoms with E-state index in [9.17, 15) is 9.59 Å². The SMILES string of the molecule is C=CCOc1ccc(C2C3=C(CC(C)(C)CC3=O)N(CCC)C3=C2C(=O)CC(C)(C)C3)cc1. The van der Waals surface area contributed by atoms with Gasteiger partial charge in [-0.15, -0.1) is 0 Å². The lowest BCUT2D eigenvalue weighted by Gasteiger charge is -2.49. The third-order valence-electron chi connectivity index (χ3n) is 7.05. The molecule has 2 aliphatic carbocycles. The largest absolute Gasteiger partial charge is 0.490 e. The number of ether oxygens (including phenoxy) is 1. The van der Waals surface area contributed by atoms with E-state index in [-0.39, 0.29) is 28.3 Å². The minimum atomic E-state index is -0.288. The van der Waals surface area contributed by atoms with Crippen LogP contribution >= 0.6 is 0 Å². The van der Waals surface area contributed by atoms with E-state index >= 15 is 0 Å². The summed E-state index contributed by atoms with van der Waals surface area (Å²) < 4.78 is 5.67. The molecule has 0 atom stereocenters. The Hall–Kier alpha value is -2.62. The van der Waals surface area contributed by atoms with Gasteiger partial charge in [-0.25, -0.2) is 0 Å². The fraction of sp³-hybridized carbons (Fsp3) is 0.517. The van der Waals surface area contributed by atoms with Crippen LogP contribution in [-0.4, -0.2) is 29.6 Å². The fourth-order valence-corrected chi connectivity index (χ4v) is 5.79. The monoisotopic (exact) mass is 447 g/mol. The number of nitrogens with zero attached hydrogens (tertiary/aromatic N) is 1. The van der Waals surface area contributed by atoms with Gasteiger partial charge in [0.25, 0.3) is 0 Å². The predicted octanol–water partition coefficient (Wildman–Crippen LogP) is 6.35. The Morgan fingerprint density at radius 3 is 1.91 bits per heavy atom. The van der Waals surface area contributed by atoms with E-state index in [1.165, 1.54) is 0 Å². The Balaban J connectivity index is 1.90. The fourth-order valence-electron chi connectivity index (χ4n) is 5.79. The van der Waals surface area contributed by atoms with E-state index in [4.69, 9.17) is 4.74 Å². The Kier molecular flexibility index (Phi) is 6.15. The third-order valence-corrected chi connectivity index (χ3v) is 7.05. The molecular weight excluding hydrogens is 410 g/mol. The molecule has 0 saturated carbocycles. The standard InChI is InChI=1S/C29H37NO3/c1-7-13-30-21-15-28(3,4)17-23(31)26(21)25(19-9-11-20(12-10-19)33-14-8-2)27-22(30)16-29(5,6)18-24(27)32/h8-12,25H,2,7,13-18H2,1,3-6H3. The smallest absolute Gasteiger partial charge is 0.162 e. The number of benzene rings is 1. The number of carbonyl (C=O) groups excluding carboxylic acids is 2. The number of hydrogen-bond donors (Lipinski definition) is 0. The summed E-state index contributed by atoms with van der Waals surface area (Å²) in [6.45, 7) is 15.9. The van der Waals surface area contributed by atoms with Crippen LogP contribution in [0.5, 0.6) is 5.75 Å². The highest BCUT2D eigenvalue weighted by molar-refractivity contribution is 6.06. The summed E-state index contributed by atoms with van der Waals surface area (Å²) in [5.41, 5.74) is 4.79. The summed E-state index contributed by atoms with van der Waals surface area (Å²) in [6, 6.07) is 7.92. The Bertz CT molecular complexity index is 985. The lowest BCUT2D eigenvalue weighted by Crippen LogP contribution is -2.44. The predicted molar refractivity (Wildman–Crippen MR) is 132 cm³/mol. The average molecular weight is 448 g/mol. The Morgan fingerprint density at radius 1 is 0.939 bits per heavy atom. The molecule has 0 amide bonds. The van der Waals surface area contributed by atoms with Gasteiger partial charge in [0.1, 0.15) is 12.4 Å².